The molecule has 0 aliphatic heterocycles. The van der Waals surface area contributed by atoms with Gasteiger partial charge in [-0.15, -0.1) is 0 Å². The van der Waals surface area contributed by atoms with E-state index in [1.165, 1.54) is 0 Å². The highest BCUT2D eigenvalue weighted by Crippen LogP contribution is 2.27. The van der Waals surface area contributed by atoms with Crippen molar-refractivity contribution in [3.8, 4) is 11.5 Å². The third kappa shape index (κ3) is 4.32. The van der Waals surface area contributed by atoms with Gasteiger partial charge in [-0.2, -0.15) is 5.10 Å². The molecule has 23 heavy (non-hydrogen) atoms. The van der Waals surface area contributed by atoms with Gasteiger partial charge in [-0.3, -0.25) is 4.79 Å². The lowest BCUT2D eigenvalue weighted by molar-refractivity contribution is 0.0954. The monoisotopic (exact) mass is 312 g/mol. The van der Waals surface area contributed by atoms with E-state index in [9.17, 15) is 4.79 Å². The van der Waals surface area contributed by atoms with Gasteiger partial charge in [0, 0.05) is 5.56 Å². The number of rotatable bonds is 6. The zero-order valence-electron chi connectivity index (χ0n) is 13.5. The summed E-state index contributed by atoms with van der Waals surface area (Å²) in [6.07, 6.45) is 1.56. The van der Waals surface area contributed by atoms with Gasteiger partial charge in [-0.25, -0.2) is 5.43 Å². The minimum Gasteiger partial charge on any atom is -0.493 e. The second kappa shape index (κ2) is 7.98. The topological polar surface area (TPSA) is 59.9 Å². The van der Waals surface area contributed by atoms with Gasteiger partial charge in [0.05, 0.1) is 19.9 Å². The number of carbonyl (C=O) groups excluding carboxylic acids is 1. The van der Waals surface area contributed by atoms with Gasteiger partial charge < -0.3 is 9.47 Å². The quantitative estimate of drug-likeness (QED) is 0.658. The summed E-state index contributed by atoms with van der Waals surface area (Å²) in [7, 11) is 1.58. The highest BCUT2D eigenvalue weighted by molar-refractivity contribution is 5.96. The molecule has 0 aromatic heterocycles. The fourth-order valence-electron chi connectivity index (χ4n) is 2.09. The lowest BCUT2D eigenvalue weighted by Gasteiger charge is -2.09. The van der Waals surface area contributed by atoms with Crippen molar-refractivity contribution >= 4 is 12.1 Å². The first-order chi connectivity index (χ1) is 11.2. The normalized spacial score (nSPS) is 10.6. The molecule has 0 bridgehead atoms. The smallest absolute Gasteiger partial charge is 0.271 e. The largest absolute Gasteiger partial charge is 0.493 e. The molecule has 0 unspecified atom stereocenters. The zero-order valence-corrected chi connectivity index (χ0v) is 13.5. The number of aryl methyl sites for hydroxylation is 1. The van der Waals surface area contributed by atoms with Crippen molar-refractivity contribution in [2.45, 2.75) is 13.8 Å². The van der Waals surface area contributed by atoms with Crippen LogP contribution in [0.4, 0.5) is 0 Å². The van der Waals surface area contributed by atoms with E-state index in [1.54, 1.807) is 25.5 Å². The maximum absolute atomic E-state index is 12.0. The zero-order chi connectivity index (χ0) is 16.7. The standard InChI is InChI=1S/C18H20N2O3/c1-4-23-16-10-9-14(11-17(16)22-3)12-19-20-18(21)15-8-6-5-7-13(15)2/h5-12H,4H2,1-3H3,(H,20,21)/b19-12+. The van der Waals surface area contributed by atoms with Crippen LogP contribution in [0, 0.1) is 6.92 Å². The second-order valence-electron chi connectivity index (χ2n) is 4.86. The van der Waals surface area contributed by atoms with Crippen molar-refractivity contribution in [2.75, 3.05) is 13.7 Å². The Kier molecular flexibility index (Phi) is 5.74. The van der Waals surface area contributed by atoms with Crippen LogP contribution in [0.25, 0.3) is 0 Å². The van der Waals surface area contributed by atoms with Crippen molar-refractivity contribution in [3.63, 3.8) is 0 Å². The number of ether oxygens (including phenoxy) is 2. The van der Waals surface area contributed by atoms with E-state index in [4.69, 9.17) is 9.47 Å². The van der Waals surface area contributed by atoms with E-state index >= 15 is 0 Å². The molecule has 5 nitrogen and oxygen atoms in total. The maximum Gasteiger partial charge on any atom is 0.271 e. The molecule has 0 saturated carbocycles. The predicted molar refractivity (Wildman–Crippen MR) is 90.4 cm³/mol. The van der Waals surface area contributed by atoms with Crippen LogP contribution in [-0.2, 0) is 0 Å². The molecule has 0 aliphatic rings. The van der Waals surface area contributed by atoms with E-state index < -0.39 is 0 Å². The van der Waals surface area contributed by atoms with Crippen LogP contribution >= 0.6 is 0 Å². The highest BCUT2D eigenvalue weighted by Gasteiger charge is 2.07. The average molecular weight is 312 g/mol. The number of benzene rings is 2. The third-order valence-electron chi connectivity index (χ3n) is 3.26. The summed E-state index contributed by atoms with van der Waals surface area (Å²) in [5.41, 5.74) is 4.84. The van der Waals surface area contributed by atoms with Gasteiger partial charge >= 0.3 is 0 Å². The summed E-state index contributed by atoms with van der Waals surface area (Å²) in [4.78, 5) is 12.0. The molecule has 2 aromatic carbocycles. The summed E-state index contributed by atoms with van der Waals surface area (Å²) < 4.78 is 10.7. The Balaban J connectivity index is 2.06. The third-order valence-corrected chi connectivity index (χ3v) is 3.26. The van der Waals surface area contributed by atoms with Gasteiger partial charge in [-0.1, -0.05) is 18.2 Å². The molecule has 1 amide bonds. The molecule has 5 heteroatoms. The minimum absolute atomic E-state index is 0.239. The lowest BCUT2D eigenvalue weighted by Crippen LogP contribution is -2.18. The highest BCUT2D eigenvalue weighted by atomic mass is 16.5. The Bertz CT molecular complexity index is 711. The predicted octanol–water partition coefficient (Wildman–Crippen LogP) is 3.17. The molecule has 0 aliphatic carbocycles. The van der Waals surface area contributed by atoms with Gasteiger partial charge in [0.1, 0.15) is 0 Å². The number of hydrogen-bond acceptors (Lipinski definition) is 4. The fourth-order valence-corrected chi connectivity index (χ4v) is 2.09. The van der Waals surface area contributed by atoms with E-state index in [-0.39, 0.29) is 5.91 Å². The Morgan fingerprint density at radius 1 is 1.22 bits per heavy atom. The van der Waals surface area contributed by atoms with E-state index in [0.717, 1.165) is 11.1 Å². The summed E-state index contributed by atoms with van der Waals surface area (Å²) in [6, 6.07) is 12.8. The van der Waals surface area contributed by atoms with Crippen molar-refractivity contribution in [3.05, 3.63) is 59.2 Å². The molecular weight excluding hydrogens is 292 g/mol. The number of hydrazone groups is 1. The number of nitrogens with one attached hydrogen (secondary N) is 1. The van der Waals surface area contributed by atoms with Crippen LogP contribution in [-0.4, -0.2) is 25.8 Å². The van der Waals surface area contributed by atoms with Crippen LogP contribution in [0.15, 0.2) is 47.6 Å². The molecule has 0 atom stereocenters. The minimum atomic E-state index is -0.239. The van der Waals surface area contributed by atoms with Crippen molar-refractivity contribution in [2.24, 2.45) is 5.10 Å². The molecule has 2 aromatic rings. The van der Waals surface area contributed by atoms with Crippen LogP contribution in [0.5, 0.6) is 11.5 Å². The molecule has 1 N–H and O–H groups in total. The second-order valence-corrected chi connectivity index (χ2v) is 4.86. The Labute approximate surface area is 135 Å². The van der Waals surface area contributed by atoms with E-state index in [2.05, 4.69) is 10.5 Å². The SMILES string of the molecule is CCOc1ccc(/C=N/NC(=O)c2ccccc2C)cc1OC. The van der Waals surface area contributed by atoms with E-state index in [1.807, 2.05) is 44.2 Å². The Hall–Kier alpha value is -2.82. The maximum atomic E-state index is 12.0. The van der Waals surface area contributed by atoms with Gasteiger partial charge in [0.15, 0.2) is 11.5 Å². The lowest BCUT2D eigenvalue weighted by atomic mass is 10.1. The molecule has 0 radical (unpaired) electrons. The molecule has 120 valence electrons. The molecule has 0 heterocycles. The first-order valence-electron chi connectivity index (χ1n) is 7.35. The Morgan fingerprint density at radius 2 is 2.00 bits per heavy atom. The molecule has 2 rings (SSSR count). The number of amides is 1. The van der Waals surface area contributed by atoms with Crippen molar-refractivity contribution < 1.29 is 14.3 Å². The number of nitrogens with zero attached hydrogens (tertiary/aromatic N) is 1. The summed E-state index contributed by atoms with van der Waals surface area (Å²) >= 11 is 0. The van der Waals surface area contributed by atoms with Crippen molar-refractivity contribution in [1.82, 2.24) is 5.43 Å². The number of methoxy groups -OCH3 is 1. The van der Waals surface area contributed by atoms with Crippen LogP contribution in [0.2, 0.25) is 0 Å². The van der Waals surface area contributed by atoms with Crippen LogP contribution < -0.4 is 14.9 Å². The summed E-state index contributed by atoms with van der Waals surface area (Å²) in [5, 5.41) is 3.99. The summed E-state index contributed by atoms with van der Waals surface area (Å²) in [6.45, 7) is 4.36. The van der Waals surface area contributed by atoms with Gasteiger partial charge in [-0.05, 0) is 49.2 Å². The van der Waals surface area contributed by atoms with Gasteiger partial charge in [0.25, 0.3) is 5.91 Å². The van der Waals surface area contributed by atoms with E-state index in [0.29, 0.717) is 23.7 Å². The summed E-state index contributed by atoms with van der Waals surface area (Å²) in [5.74, 6) is 1.06. The Morgan fingerprint density at radius 3 is 2.70 bits per heavy atom. The first kappa shape index (κ1) is 16.5. The number of carbonyl (C=O) groups is 1. The van der Waals surface area contributed by atoms with Crippen LogP contribution in [0.1, 0.15) is 28.4 Å². The fraction of sp³-hybridized carbons (Fsp3) is 0.222. The molecule has 0 saturated heterocycles. The number of hydrogen-bond donors (Lipinski definition) is 1. The molecule has 0 spiro atoms. The van der Waals surface area contributed by atoms with Gasteiger partial charge in [0.2, 0.25) is 0 Å². The molecule has 0 fully saturated rings. The average Bonchev–Trinajstić information content (AvgIpc) is 2.56. The van der Waals surface area contributed by atoms with Crippen LogP contribution in [0.3, 0.4) is 0 Å². The van der Waals surface area contributed by atoms with Crippen molar-refractivity contribution in [1.29, 1.82) is 0 Å². The molecular formula is C18H20N2O3. The first-order valence-corrected chi connectivity index (χ1v) is 7.35.